The molecule has 0 saturated heterocycles. The fourth-order valence-electron chi connectivity index (χ4n) is 1.64. The van der Waals surface area contributed by atoms with E-state index in [0.29, 0.717) is 11.5 Å². The number of hydrogen-bond acceptors (Lipinski definition) is 3. The zero-order valence-electron chi connectivity index (χ0n) is 8.65. The van der Waals surface area contributed by atoms with E-state index in [1.54, 1.807) is 6.07 Å². The van der Waals surface area contributed by atoms with Crippen LogP contribution in [-0.4, -0.2) is 19.3 Å². The van der Waals surface area contributed by atoms with Crippen molar-refractivity contribution in [2.75, 3.05) is 14.2 Å². The molecule has 78 valence electrons. The molecule has 1 N–H and O–H groups in total. The van der Waals surface area contributed by atoms with E-state index >= 15 is 0 Å². The van der Waals surface area contributed by atoms with Gasteiger partial charge in [-0.2, -0.15) is 0 Å². The lowest BCUT2D eigenvalue weighted by atomic mass is 10.1. The highest BCUT2D eigenvalue weighted by atomic mass is 16.5. The minimum atomic E-state index is 0.0405. The number of phenols is 1. The Morgan fingerprint density at radius 3 is 2.47 bits per heavy atom. The summed E-state index contributed by atoms with van der Waals surface area (Å²) in [6.07, 6.45) is 0. The van der Waals surface area contributed by atoms with Crippen LogP contribution in [0.15, 0.2) is 30.3 Å². The number of ether oxygens (including phenoxy) is 2. The number of fused-ring (bicyclic) bond motifs is 1. The summed E-state index contributed by atoms with van der Waals surface area (Å²) in [5.41, 5.74) is 0. The van der Waals surface area contributed by atoms with Crippen molar-refractivity contribution in [3.63, 3.8) is 0 Å². The van der Waals surface area contributed by atoms with Gasteiger partial charge >= 0.3 is 0 Å². The van der Waals surface area contributed by atoms with Crippen LogP contribution < -0.4 is 9.47 Å². The first-order valence-electron chi connectivity index (χ1n) is 4.60. The number of benzene rings is 2. The Balaban J connectivity index is 2.83. The zero-order chi connectivity index (χ0) is 10.8. The summed E-state index contributed by atoms with van der Waals surface area (Å²) in [6, 6.07) is 9.45. The fraction of sp³-hybridized carbons (Fsp3) is 0.167. The Morgan fingerprint density at radius 1 is 1.07 bits per heavy atom. The summed E-state index contributed by atoms with van der Waals surface area (Å²) in [4.78, 5) is 0. The zero-order valence-corrected chi connectivity index (χ0v) is 8.65. The van der Waals surface area contributed by atoms with Gasteiger partial charge in [0.25, 0.3) is 0 Å². The molecule has 0 aromatic heterocycles. The maximum atomic E-state index is 9.84. The number of aromatic hydroxyl groups is 1. The number of rotatable bonds is 2. The van der Waals surface area contributed by atoms with Gasteiger partial charge in [-0.15, -0.1) is 0 Å². The first-order valence-corrected chi connectivity index (χ1v) is 4.60. The second kappa shape index (κ2) is 3.69. The van der Waals surface area contributed by atoms with Crippen LogP contribution in [-0.2, 0) is 0 Å². The summed E-state index contributed by atoms with van der Waals surface area (Å²) in [5.74, 6) is 0.911. The van der Waals surface area contributed by atoms with E-state index in [1.807, 2.05) is 24.3 Å². The van der Waals surface area contributed by atoms with Crippen molar-refractivity contribution in [2.24, 2.45) is 0 Å². The van der Waals surface area contributed by atoms with Crippen molar-refractivity contribution in [2.45, 2.75) is 0 Å². The van der Waals surface area contributed by atoms with Gasteiger partial charge in [0.2, 0.25) is 5.75 Å². The highest BCUT2D eigenvalue weighted by molar-refractivity contribution is 5.92. The standard InChI is InChI=1S/C12H12O3/c1-14-10-7-8-5-3-4-6-9(8)12(15-2)11(10)13/h3-7,13H,1-2H3. The average molecular weight is 204 g/mol. The van der Waals surface area contributed by atoms with Gasteiger partial charge in [0.15, 0.2) is 11.5 Å². The lowest BCUT2D eigenvalue weighted by Gasteiger charge is -2.11. The van der Waals surface area contributed by atoms with Gasteiger partial charge in [0.1, 0.15) is 0 Å². The van der Waals surface area contributed by atoms with Crippen LogP contribution in [0.25, 0.3) is 10.8 Å². The minimum Gasteiger partial charge on any atom is -0.502 e. The maximum absolute atomic E-state index is 9.84. The van der Waals surface area contributed by atoms with Crippen LogP contribution in [0.1, 0.15) is 0 Å². The van der Waals surface area contributed by atoms with Crippen molar-refractivity contribution in [3.05, 3.63) is 30.3 Å². The molecule has 2 aromatic rings. The van der Waals surface area contributed by atoms with Gasteiger partial charge in [0.05, 0.1) is 14.2 Å². The molecule has 3 nitrogen and oxygen atoms in total. The van der Waals surface area contributed by atoms with Crippen molar-refractivity contribution in [1.82, 2.24) is 0 Å². The lowest BCUT2D eigenvalue weighted by Crippen LogP contribution is -1.90. The topological polar surface area (TPSA) is 38.7 Å². The Labute approximate surface area is 87.9 Å². The highest BCUT2D eigenvalue weighted by Gasteiger charge is 2.12. The van der Waals surface area contributed by atoms with E-state index < -0.39 is 0 Å². The van der Waals surface area contributed by atoms with E-state index in [9.17, 15) is 5.11 Å². The highest BCUT2D eigenvalue weighted by Crippen LogP contribution is 2.42. The Bertz CT molecular complexity index is 491. The molecule has 2 aromatic carbocycles. The smallest absolute Gasteiger partial charge is 0.201 e. The fourth-order valence-corrected chi connectivity index (χ4v) is 1.64. The molecule has 0 saturated carbocycles. The second-order valence-corrected chi connectivity index (χ2v) is 3.18. The molecule has 2 rings (SSSR count). The summed E-state index contributed by atoms with van der Waals surface area (Å²) < 4.78 is 10.2. The normalized spacial score (nSPS) is 10.3. The molecule has 0 aliphatic carbocycles. The molecule has 0 radical (unpaired) electrons. The van der Waals surface area contributed by atoms with E-state index in [2.05, 4.69) is 0 Å². The third-order valence-electron chi connectivity index (χ3n) is 2.36. The van der Waals surface area contributed by atoms with E-state index in [-0.39, 0.29) is 5.75 Å². The third kappa shape index (κ3) is 1.46. The molecule has 0 aliphatic heterocycles. The number of methoxy groups -OCH3 is 2. The number of phenolic OH excluding ortho intramolecular Hbond substituents is 1. The lowest BCUT2D eigenvalue weighted by molar-refractivity contribution is 0.343. The van der Waals surface area contributed by atoms with Crippen molar-refractivity contribution >= 4 is 10.8 Å². The minimum absolute atomic E-state index is 0.0405. The van der Waals surface area contributed by atoms with Crippen LogP contribution in [0.2, 0.25) is 0 Å². The molecule has 0 fully saturated rings. The predicted octanol–water partition coefficient (Wildman–Crippen LogP) is 2.56. The average Bonchev–Trinajstić information content (AvgIpc) is 2.28. The molecule has 15 heavy (non-hydrogen) atoms. The van der Waals surface area contributed by atoms with Gasteiger partial charge in [-0.1, -0.05) is 24.3 Å². The van der Waals surface area contributed by atoms with Crippen molar-refractivity contribution in [1.29, 1.82) is 0 Å². The van der Waals surface area contributed by atoms with Crippen molar-refractivity contribution < 1.29 is 14.6 Å². The first kappa shape index (κ1) is 9.65. The molecule has 0 bridgehead atoms. The molecule has 0 unspecified atom stereocenters. The summed E-state index contributed by atoms with van der Waals surface area (Å²) in [5, 5.41) is 11.7. The van der Waals surface area contributed by atoms with Crippen LogP contribution in [0, 0.1) is 0 Å². The van der Waals surface area contributed by atoms with Gasteiger partial charge in [0, 0.05) is 5.39 Å². The summed E-state index contributed by atoms with van der Waals surface area (Å²) >= 11 is 0. The second-order valence-electron chi connectivity index (χ2n) is 3.18. The van der Waals surface area contributed by atoms with Crippen LogP contribution in [0.4, 0.5) is 0 Å². The third-order valence-corrected chi connectivity index (χ3v) is 2.36. The Hall–Kier alpha value is -1.90. The molecule has 3 heteroatoms. The van der Waals surface area contributed by atoms with E-state index in [1.165, 1.54) is 14.2 Å². The molecule has 0 amide bonds. The molecule has 0 spiro atoms. The monoisotopic (exact) mass is 204 g/mol. The molecular weight excluding hydrogens is 192 g/mol. The molecule has 0 atom stereocenters. The Morgan fingerprint density at radius 2 is 1.80 bits per heavy atom. The van der Waals surface area contributed by atoms with Gasteiger partial charge in [-0.3, -0.25) is 0 Å². The van der Waals surface area contributed by atoms with E-state index in [4.69, 9.17) is 9.47 Å². The van der Waals surface area contributed by atoms with Crippen LogP contribution in [0.5, 0.6) is 17.2 Å². The van der Waals surface area contributed by atoms with Crippen LogP contribution >= 0.6 is 0 Å². The molecule has 0 heterocycles. The number of hydrogen-bond donors (Lipinski definition) is 1. The Kier molecular flexibility index (Phi) is 2.37. The van der Waals surface area contributed by atoms with Crippen molar-refractivity contribution in [3.8, 4) is 17.2 Å². The maximum Gasteiger partial charge on any atom is 0.201 e. The largest absolute Gasteiger partial charge is 0.502 e. The quantitative estimate of drug-likeness (QED) is 0.817. The summed E-state index contributed by atoms with van der Waals surface area (Å²) in [6.45, 7) is 0. The first-order chi connectivity index (χ1) is 7.27. The SMILES string of the molecule is COc1cc2ccccc2c(OC)c1O. The molecular formula is C12H12O3. The van der Waals surface area contributed by atoms with Gasteiger partial charge < -0.3 is 14.6 Å². The van der Waals surface area contributed by atoms with Crippen LogP contribution in [0.3, 0.4) is 0 Å². The van der Waals surface area contributed by atoms with Gasteiger partial charge in [-0.05, 0) is 11.5 Å². The predicted molar refractivity (Wildman–Crippen MR) is 58.7 cm³/mol. The van der Waals surface area contributed by atoms with Gasteiger partial charge in [-0.25, -0.2) is 0 Å². The van der Waals surface area contributed by atoms with E-state index in [0.717, 1.165) is 10.8 Å². The molecule has 0 aliphatic rings. The summed E-state index contributed by atoms with van der Waals surface area (Å²) in [7, 11) is 3.05.